The van der Waals surface area contributed by atoms with Crippen molar-refractivity contribution in [2.24, 2.45) is 5.10 Å². The molecule has 23 heavy (non-hydrogen) atoms. The number of rotatable bonds is 3. The van der Waals surface area contributed by atoms with Crippen LogP contribution in [-0.4, -0.2) is 5.04 Å². The van der Waals surface area contributed by atoms with Crippen molar-refractivity contribution < 1.29 is 0 Å². The van der Waals surface area contributed by atoms with E-state index in [1.165, 1.54) is 4.91 Å². The summed E-state index contributed by atoms with van der Waals surface area (Å²) in [4.78, 5) is 1.17. The molecule has 0 atom stereocenters. The van der Waals surface area contributed by atoms with Crippen LogP contribution in [0.4, 0.5) is 0 Å². The number of halogens is 3. The topological polar surface area (TPSA) is 24.4 Å². The zero-order valence-electron chi connectivity index (χ0n) is 12.2. The van der Waals surface area contributed by atoms with E-state index in [2.05, 4.69) is 17.5 Å². The highest BCUT2D eigenvalue weighted by atomic mass is 35.5. The summed E-state index contributed by atoms with van der Waals surface area (Å²) in [7, 11) is 0. The Morgan fingerprint density at radius 3 is 2.26 bits per heavy atom. The zero-order valence-corrected chi connectivity index (χ0v) is 15.3. The van der Waals surface area contributed by atoms with Crippen LogP contribution in [-0.2, 0) is 0 Å². The number of nitrogens with zero attached hydrogens (tertiary/aromatic N) is 1. The van der Waals surface area contributed by atoms with Crippen LogP contribution in [0.15, 0.2) is 52.5 Å². The van der Waals surface area contributed by atoms with Gasteiger partial charge in [-0.2, -0.15) is 5.10 Å². The monoisotopic (exact) mass is 382 g/mol. The number of hydrazone groups is 1. The van der Waals surface area contributed by atoms with Gasteiger partial charge in [0.25, 0.3) is 0 Å². The molecule has 0 amide bonds. The van der Waals surface area contributed by atoms with Crippen LogP contribution in [0.1, 0.15) is 24.5 Å². The van der Waals surface area contributed by atoms with E-state index in [0.29, 0.717) is 15.1 Å². The highest BCUT2D eigenvalue weighted by Gasteiger charge is 2.21. The van der Waals surface area contributed by atoms with E-state index in [4.69, 9.17) is 34.8 Å². The first-order chi connectivity index (χ1) is 11.1. The fourth-order valence-corrected chi connectivity index (χ4v) is 4.13. The van der Waals surface area contributed by atoms with Gasteiger partial charge in [-0.25, -0.2) is 0 Å². The Bertz CT molecular complexity index is 778. The van der Waals surface area contributed by atoms with Crippen LogP contribution in [0.2, 0.25) is 15.1 Å². The van der Waals surface area contributed by atoms with Crippen molar-refractivity contribution in [1.82, 2.24) is 5.43 Å². The average molecular weight is 384 g/mol. The van der Waals surface area contributed by atoms with Gasteiger partial charge in [-0.05, 0) is 30.7 Å². The third kappa shape index (κ3) is 3.53. The molecule has 0 saturated heterocycles. The number of hydrogen-bond acceptors (Lipinski definition) is 3. The van der Waals surface area contributed by atoms with E-state index in [-0.39, 0.29) is 0 Å². The van der Waals surface area contributed by atoms with E-state index in [1.54, 1.807) is 11.8 Å². The van der Waals surface area contributed by atoms with Gasteiger partial charge in [-0.3, -0.25) is 5.43 Å². The van der Waals surface area contributed by atoms with E-state index >= 15 is 0 Å². The Morgan fingerprint density at radius 2 is 1.65 bits per heavy atom. The Labute approximate surface area is 154 Å². The third-order valence-electron chi connectivity index (χ3n) is 3.40. The molecule has 1 aliphatic heterocycles. The quantitative estimate of drug-likeness (QED) is 0.661. The van der Waals surface area contributed by atoms with Gasteiger partial charge in [-0.15, -0.1) is 0 Å². The molecule has 0 spiro atoms. The van der Waals surface area contributed by atoms with Crippen LogP contribution in [0.25, 0.3) is 5.70 Å². The van der Waals surface area contributed by atoms with Gasteiger partial charge in [0.05, 0.1) is 15.7 Å². The largest absolute Gasteiger partial charge is 0.276 e. The maximum Gasteiger partial charge on any atom is 0.131 e. The molecular weight excluding hydrogens is 371 g/mol. The molecule has 0 bridgehead atoms. The van der Waals surface area contributed by atoms with Crippen molar-refractivity contribution in [2.75, 3.05) is 0 Å². The number of thioether (sulfide) groups is 1. The Hall–Kier alpha value is -1.13. The summed E-state index contributed by atoms with van der Waals surface area (Å²) in [5.74, 6) is 0. The lowest BCUT2D eigenvalue weighted by Crippen LogP contribution is -2.16. The smallest absolute Gasteiger partial charge is 0.131 e. The van der Waals surface area contributed by atoms with Crippen LogP contribution >= 0.6 is 46.6 Å². The molecule has 118 valence electrons. The third-order valence-corrected chi connectivity index (χ3v) is 5.51. The van der Waals surface area contributed by atoms with E-state index in [0.717, 1.165) is 28.3 Å². The van der Waals surface area contributed by atoms with Crippen molar-refractivity contribution in [2.45, 2.75) is 13.3 Å². The average Bonchev–Trinajstić information content (AvgIpc) is 2.55. The van der Waals surface area contributed by atoms with Crippen LogP contribution in [0.3, 0.4) is 0 Å². The second-order valence-electron chi connectivity index (χ2n) is 4.89. The van der Waals surface area contributed by atoms with Crippen LogP contribution < -0.4 is 5.43 Å². The van der Waals surface area contributed by atoms with Gasteiger partial charge < -0.3 is 0 Å². The summed E-state index contributed by atoms with van der Waals surface area (Å²) >= 11 is 20.1. The molecule has 0 aliphatic carbocycles. The van der Waals surface area contributed by atoms with Crippen LogP contribution in [0, 0.1) is 0 Å². The van der Waals surface area contributed by atoms with E-state index < -0.39 is 0 Å². The lowest BCUT2D eigenvalue weighted by atomic mass is 10.1. The van der Waals surface area contributed by atoms with Gasteiger partial charge in [0, 0.05) is 21.1 Å². The zero-order chi connectivity index (χ0) is 16.4. The van der Waals surface area contributed by atoms with Crippen molar-refractivity contribution in [3.8, 4) is 0 Å². The van der Waals surface area contributed by atoms with Crippen molar-refractivity contribution in [3.05, 3.63) is 73.6 Å². The summed E-state index contributed by atoms with van der Waals surface area (Å²) in [6.07, 6.45) is 0.872. The summed E-state index contributed by atoms with van der Waals surface area (Å²) in [5.41, 5.74) is 5.94. The minimum atomic E-state index is 0.593. The highest BCUT2D eigenvalue weighted by Crippen LogP contribution is 2.38. The number of nitrogens with one attached hydrogen (secondary N) is 1. The SMILES string of the molecule is CCC1=C(c2ccc(Cl)cc2)NN=C(c2c(Cl)cccc2Cl)S1. The summed E-state index contributed by atoms with van der Waals surface area (Å²) in [5, 5.41) is 7.14. The molecule has 3 rings (SSSR count). The Balaban J connectivity index is 1.96. The minimum Gasteiger partial charge on any atom is -0.276 e. The van der Waals surface area contributed by atoms with Crippen molar-refractivity contribution >= 4 is 57.3 Å². The predicted molar refractivity (Wildman–Crippen MR) is 102 cm³/mol. The van der Waals surface area contributed by atoms with Gasteiger partial charge in [-0.1, -0.05) is 71.7 Å². The normalized spacial score (nSPS) is 14.5. The second kappa shape index (κ2) is 7.18. The van der Waals surface area contributed by atoms with Gasteiger partial charge in [0.15, 0.2) is 0 Å². The van der Waals surface area contributed by atoms with E-state index in [9.17, 15) is 0 Å². The van der Waals surface area contributed by atoms with Crippen molar-refractivity contribution in [1.29, 1.82) is 0 Å². The minimum absolute atomic E-state index is 0.593. The molecule has 0 unspecified atom stereocenters. The van der Waals surface area contributed by atoms with Gasteiger partial charge >= 0.3 is 0 Å². The molecule has 6 heteroatoms. The van der Waals surface area contributed by atoms with E-state index in [1.807, 2.05) is 42.5 Å². The molecular formula is C17H13Cl3N2S. The Morgan fingerprint density at radius 1 is 1.00 bits per heavy atom. The summed E-state index contributed by atoms with van der Waals surface area (Å²) in [6.45, 7) is 2.11. The molecule has 2 nitrogen and oxygen atoms in total. The molecule has 2 aromatic carbocycles. The fraction of sp³-hybridized carbons (Fsp3) is 0.118. The van der Waals surface area contributed by atoms with Gasteiger partial charge in [0.1, 0.15) is 5.04 Å². The first-order valence-corrected chi connectivity index (χ1v) is 9.00. The maximum absolute atomic E-state index is 6.29. The second-order valence-corrected chi connectivity index (χ2v) is 7.22. The standard InChI is InChI=1S/C17H13Cl3N2S/c1-2-14-16(10-6-8-11(18)9-7-10)21-22-17(23-14)15-12(19)4-3-5-13(15)20/h3-9,21H,2H2,1H3. The fourth-order valence-electron chi connectivity index (χ4n) is 2.26. The first-order valence-electron chi connectivity index (χ1n) is 7.05. The lowest BCUT2D eigenvalue weighted by molar-refractivity contribution is 0.976. The molecule has 1 N–H and O–H groups in total. The molecule has 2 aromatic rings. The molecule has 0 aromatic heterocycles. The Kier molecular flexibility index (Phi) is 5.22. The summed E-state index contributed by atoms with van der Waals surface area (Å²) < 4.78 is 0. The van der Waals surface area contributed by atoms with Crippen LogP contribution in [0.5, 0.6) is 0 Å². The number of allylic oxidation sites excluding steroid dienone is 1. The molecule has 1 aliphatic rings. The predicted octanol–water partition coefficient (Wildman–Crippen LogP) is 6.42. The van der Waals surface area contributed by atoms with Gasteiger partial charge in [0.2, 0.25) is 0 Å². The molecule has 1 heterocycles. The maximum atomic E-state index is 6.29. The summed E-state index contributed by atoms with van der Waals surface area (Å²) in [6, 6.07) is 13.1. The number of hydrogen-bond donors (Lipinski definition) is 1. The molecule has 0 radical (unpaired) electrons. The van der Waals surface area contributed by atoms with Crippen molar-refractivity contribution in [3.63, 3.8) is 0 Å². The molecule has 0 saturated carbocycles. The lowest BCUT2D eigenvalue weighted by Gasteiger charge is -2.21. The highest BCUT2D eigenvalue weighted by molar-refractivity contribution is 8.17. The first kappa shape index (κ1) is 16.7. The number of benzene rings is 2. The molecule has 0 fully saturated rings.